The minimum atomic E-state index is -0.466. The molecular formula is C19H16ClN3O5S. The molecule has 1 aliphatic heterocycles. The fourth-order valence-electron chi connectivity index (χ4n) is 2.76. The number of anilines is 1. The van der Waals surface area contributed by atoms with Gasteiger partial charge in [-0.15, -0.1) is 11.3 Å². The molecule has 0 atom stereocenters. The molecule has 1 aliphatic rings. The van der Waals surface area contributed by atoms with E-state index in [1.165, 1.54) is 24.5 Å². The van der Waals surface area contributed by atoms with Crippen LogP contribution in [-0.4, -0.2) is 42.2 Å². The summed E-state index contributed by atoms with van der Waals surface area (Å²) in [6.45, 7) is 1.01. The highest BCUT2D eigenvalue weighted by atomic mass is 35.5. The number of nitrogens with one attached hydrogen (secondary N) is 2. The highest BCUT2D eigenvalue weighted by Crippen LogP contribution is 2.38. The van der Waals surface area contributed by atoms with Crippen LogP contribution in [0.5, 0.6) is 11.5 Å². The summed E-state index contributed by atoms with van der Waals surface area (Å²) >= 11 is 7.52. The summed E-state index contributed by atoms with van der Waals surface area (Å²) in [5.41, 5.74) is 1.99. The molecular weight excluding hydrogens is 418 g/mol. The number of rotatable bonds is 4. The van der Waals surface area contributed by atoms with Gasteiger partial charge in [0.15, 0.2) is 16.6 Å². The Bertz CT molecular complexity index is 1080. The van der Waals surface area contributed by atoms with E-state index in [4.69, 9.17) is 21.1 Å². The van der Waals surface area contributed by atoms with E-state index in [1.54, 1.807) is 23.7 Å². The lowest BCUT2D eigenvalue weighted by molar-refractivity contribution is 0.0594. The maximum Gasteiger partial charge on any atom is 0.354 e. The Labute approximate surface area is 174 Å². The molecule has 0 bridgehead atoms. The fraction of sp³-hybridized carbons (Fsp3) is 0.211. The number of carbonyl (C=O) groups excluding carboxylic acids is 2. The molecule has 1 aromatic carbocycles. The number of methoxy groups -OCH3 is 1. The van der Waals surface area contributed by atoms with Gasteiger partial charge in [0.1, 0.15) is 5.69 Å². The van der Waals surface area contributed by atoms with Crippen LogP contribution in [0.25, 0.3) is 11.3 Å². The van der Waals surface area contributed by atoms with Gasteiger partial charge in [-0.25, -0.2) is 9.78 Å². The Balaban J connectivity index is 1.51. The Hall–Kier alpha value is -3.04. The number of ether oxygens (including phenoxy) is 3. The van der Waals surface area contributed by atoms with Gasteiger partial charge in [0.25, 0.3) is 5.91 Å². The first-order chi connectivity index (χ1) is 14.0. The van der Waals surface area contributed by atoms with Crippen LogP contribution in [0, 0.1) is 0 Å². The Morgan fingerprint density at radius 1 is 1.28 bits per heavy atom. The standard InChI is InChI=1S/C19H16ClN3O5S/c1-26-18(25)13-6-11(8-21-13)14-9-29-19(22-14)23-17(24)10-5-12(20)16-15(7-10)27-3-2-4-28-16/h5-9,21H,2-4H2,1H3,(H,22,23,24). The number of hydrogen-bond acceptors (Lipinski definition) is 7. The first-order valence-corrected chi connectivity index (χ1v) is 9.94. The molecule has 3 aromatic rings. The number of benzene rings is 1. The number of thiazole rings is 1. The average Bonchev–Trinajstić information content (AvgIpc) is 3.32. The average molecular weight is 434 g/mol. The lowest BCUT2D eigenvalue weighted by atomic mass is 10.2. The van der Waals surface area contributed by atoms with E-state index in [0.717, 1.165) is 6.42 Å². The molecule has 0 unspecified atom stereocenters. The number of nitrogens with zero attached hydrogens (tertiary/aromatic N) is 1. The molecule has 0 radical (unpaired) electrons. The third kappa shape index (κ3) is 4.06. The van der Waals surface area contributed by atoms with Crippen LogP contribution < -0.4 is 14.8 Å². The zero-order valence-corrected chi connectivity index (χ0v) is 16.9. The molecule has 10 heteroatoms. The number of esters is 1. The minimum absolute atomic E-state index is 0.317. The van der Waals surface area contributed by atoms with Gasteiger partial charge in [-0.1, -0.05) is 11.6 Å². The molecule has 0 saturated carbocycles. The van der Waals surface area contributed by atoms with Crippen molar-refractivity contribution in [2.24, 2.45) is 0 Å². The van der Waals surface area contributed by atoms with Gasteiger partial charge in [-0.05, 0) is 18.2 Å². The van der Waals surface area contributed by atoms with E-state index in [-0.39, 0.29) is 5.91 Å². The number of fused-ring (bicyclic) bond motifs is 1. The SMILES string of the molecule is COC(=O)c1cc(-c2csc(NC(=O)c3cc(Cl)c4c(c3)OCCCO4)n2)c[nH]1. The number of amides is 1. The second-order valence-corrected chi connectivity index (χ2v) is 7.39. The van der Waals surface area contributed by atoms with Crippen LogP contribution in [0.15, 0.2) is 29.8 Å². The number of carbonyl (C=O) groups is 2. The normalized spacial score (nSPS) is 12.9. The topological polar surface area (TPSA) is 103 Å². The monoisotopic (exact) mass is 433 g/mol. The molecule has 0 saturated heterocycles. The summed E-state index contributed by atoms with van der Waals surface area (Å²) in [6, 6.07) is 4.77. The van der Waals surface area contributed by atoms with Crippen molar-refractivity contribution in [2.75, 3.05) is 25.6 Å². The van der Waals surface area contributed by atoms with Gasteiger partial charge in [-0.3, -0.25) is 10.1 Å². The quantitative estimate of drug-likeness (QED) is 0.603. The van der Waals surface area contributed by atoms with Crippen molar-refractivity contribution in [1.82, 2.24) is 9.97 Å². The zero-order chi connectivity index (χ0) is 20.4. The Morgan fingerprint density at radius 3 is 2.93 bits per heavy atom. The van der Waals surface area contributed by atoms with Crippen LogP contribution >= 0.6 is 22.9 Å². The van der Waals surface area contributed by atoms with Crippen molar-refractivity contribution >= 4 is 39.9 Å². The van der Waals surface area contributed by atoms with Gasteiger partial charge in [-0.2, -0.15) is 0 Å². The van der Waals surface area contributed by atoms with E-state index < -0.39 is 5.97 Å². The summed E-state index contributed by atoms with van der Waals surface area (Å²) in [4.78, 5) is 31.4. The summed E-state index contributed by atoms with van der Waals surface area (Å²) < 4.78 is 15.9. The molecule has 4 rings (SSSR count). The maximum absolute atomic E-state index is 12.6. The second kappa shape index (κ2) is 8.14. The molecule has 8 nitrogen and oxygen atoms in total. The lowest BCUT2D eigenvalue weighted by Gasteiger charge is -2.11. The molecule has 0 aliphatic carbocycles. The number of halogens is 1. The van der Waals surface area contributed by atoms with Gasteiger partial charge < -0.3 is 19.2 Å². The van der Waals surface area contributed by atoms with E-state index in [9.17, 15) is 9.59 Å². The van der Waals surface area contributed by atoms with Crippen LogP contribution in [0.3, 0.4) is 0 Å². The first kappa shape index (κ1) is 19.3. The van der Waals surface area contributed by atoms with E-state index in [0.29, 0.717) is 57.4 Å². The van der Waals surface area contributed by atoms with Crippen LogP contribution in [0.1, 0.15) is 27.3 Å². The smallest absolute Gasteiger partial charge is 0.354 e. The van der Waals surface area contributed by atoms with Crippen LogP contribution in [0.4, 0.5) is 5.13 Å². The van der Waals surface area contributed by atoms with Gasteiger partial charge >= 0.3 is 5.97 Å². The second-order valence-electron chi connectivity index (χ2n) is 6.12. The molecule has 0 fully saturated rings. The molecule has 150 valence electrons. The van der Waals surface area contributed by atoms with Gasteiger partial charge in [0.05, 0.1) is 31.0 Å². The first-order valence-electron chi connectivity index (χ1n) is 8.68. The number of aromatic nitrogens is 2. The van der Waals surface area contributed by atoms with E-state index in [1.807, 2.05) is 0 Å². The largest absolute Gasteiger partial charge is 0.489 e. The number of aromatic amines is 1. The predicted molar refractivity (Wildman–Crippen MR) is 108 cm³/mol. The third-order valence-electron chi connectivity index (χ3n) is 4.17. The van der Waals surface area contributed by atoms with Crippen molar-refractivity contribution in [3.05, 3.63) is 46.1 Å². The number of H-pyrrole nitrogens is 1. The predicted octanol–water partition coefficient (Wildman–Crippen LogP) is 3.99. The summed E-state index contributed by atoms with van der Waals surface area (Å²) in [6.07, 6.45) is 2.39. The van der Waals surface area contributed by atoms with E-state index >= 15 is 0 Å². The van der Waals surface area contributed by atoms with E-state index in [2.05, 4.69) is 20.0 Å². The third-order valence-corrected chi connectivity index (χ3v) is 5.21. The minimum Gasteiger partial charge on any atom is -0.489 e. The fourth-order valence-corrected chi connectivity index (χ4v) is 3.74. The Kier molecular flexibility index (Phi) is 5.41. The summed E-state index contributed by atoms with van der Waals surface area (Å²) in [7, 11) is 1.31. The molecule has 2 aromatic heterocycles. The van der Waals surface area contributed by atoms with Crippen molar-refractivity contribution in [1.29, 1.82) is 0 Å². The van der Waals surface area contributed by atoms with Crippen molar-refractivity contribution in [3.63, 3.8) is 0 Å². The van der Waals surface area contributed by atoms with Gasteiger partial charge in [0, 0.05) is 29.1 Å². The summed E-state index contributed by atoms with van der Waals surface area (Å²) in [5.74, 6) is 0.0628. The van der Waals surface area contributed by atoms with Crippen LogP contribution in [-0.2, 0) is 4.74 Å². The van der Waals surface area contributed by atoms with Crippen molar-refractivity contribution in [2.45, 2.75) is 6.42 Å². The molecule has 3 heterocycles. The van der Waals surface area contributed by atoms with Crippen molar-refractivity contribution < 1.29 is 23.8 Å². The van der Waals surface area contributed by atoms with Gasteiger partial charge in [0.2, 0.25) is 0 Å². The lowest BCUT2D eigenvalue weighted by Crippen LogP contribution is -2.12. The Morgan fingerprint density at radius 2 is 2.10 bits per heavy atom. The molecule has 29 heavy (non-hydrogen) atoms. The number of hydrogen-bond donors (Lipinski definition) is 2. The highest BCUT2D eigenvalue weighted by Gasteiger charge is 2.19. The van der Waals surface area contributed by atoms with Crippen LogP contribution in [0.2, 0.25) is 5.02 Å². The van der Waals surface area contributed by atoms with Crippen molar-refractivity contribution in [3.8, 4) is 22.8 Å². The highest BCUT2D eigenvalue weighted by molar-refractivity contribution is 7.14. The zero-order valence-electron chi connectivity index (χ0n) is 15.3. The molecule has 1 amide bonds. The summed E-state index contributed by atoms with van der Waals surface area (Å²) in [5, 5.41) is 5.26. The molecule has 0 spiro atoms. The maximum atomic E-state index is 12.6. The molecule has 2 N–H and O–H groups in total.